The Labute approximate surface area is 116 Å². The number of ether oxygens (including phenoxy) is 2. The SMILES string of the molecule is CCNC(c1ccc(C)cc1)C1(OC)CCOCC1. The predicted octanol–water partition coefficient (Wildman–Crippen LogP) is 2.84. The number of benzene rings is 1. The Morgan fingerprint density at radius 1 is 1.26 bits per heavy atom. The Morgan fingerprint density at radius 3 is 2.42 bits per heavy atom. The van der Waals surface area contributed by atoms with Gasteiger partial charge in [-0.3, -0.25) is 0 Å². The summed E-state index contributed by atoms with van der Waals surface area (Å²) in [4.78, 5) is 0. The first-order valence-electron chi connectivity index (χ1n) is 7.14. The number of methoxy groups -OCH3 is 1. The summed E-state index contributed by atoms with van der Waals surface area (Å²) in [6.45, 7) is 6.75. The standard InChI is InChI=1S/C16H25NO2/c1-4-17-15(14-7-5-13(2)6-8-14)16(18-3)9-11-19-12-10-16/h5-8,15,17H,4,9-12H2,1-3H3. The smallest absolute Gasteiger partial charge is 0.0916 e. The molecule has 19 heavy (non-hydrogen) atoms. The van der Waals surface area contributed by atoms with E-state index in [2.05, 4.69) is 43.4 Å². The Balaban J connectivity index is 2.29. The largest absolute Gasteiger partial charge is 0.381 e. The monoisotopic (exact) mass is 263 g/mol. The summed E-state index contributed by atoms with van der Waals surface area (Å²) in [6, 6.07) is 8.98. The Morgan fingerprint density at radius 2 is 1.89 bits per heavy atom. The molecule has 2 rings (SSSR count). The molecule has 1 N–H and O–H groups in total. The summed E-state index contributed by atoms with van der Waals surface area (Å²) < 4.78 is 11.4. The summed E-state index contributed by atoms with van der Waals surface area (Å²) in [5.41, 5.74) is 2.44. The fourth-order valence-electron chi connectivity index (χ4n) is 2.90. The van der Waals surface area contributed by atoms with Crippen LogP contribution in [0.3, 0.4) is 0 Å². The lowest BCUT2D eigenvalue weighted by Gasteiger charge is -2.43. The van der Waals surface area contributed by atoms with Gasteiger partial charge in [0.2, 0.25) is 0 Å². The molecule has 1 aliphatic rings. The molecule has 1 heterocycles. The lowest BCUT2D eigenvalue weighted by Crippen LogP contribution is -2.49. The number of aryl methyl sites for hydroxylation is 1. The van der Waals surface area contributed by atoms with Crippen molar-refractivity contribution in [2.45, 2.75) is 38.3 Å². The summed E-state index contributed by atoms with van der Waals surface area (Å²) in [5, 5.41) is 3.60. The zero-order valence-corrected chi connectivity index (χ0v) is 12.2. The highest BCUT2D eigenvalue weighted by atomic mass is 16.5. The van der Waals surface area contributed by atoms with Gasteiger partial charge in [-0.2, -0.15) is 0 Å². The summed E-state index contributed by atoms with van der Waals surface area (Å²) in [7, 11) is 1.82. The maximum atomic E-state index is 5.94. The molecular formula is C16H25NO2. The number of nitrogens with one attached hydrogen (secondary N) is 1. The minimum atomic E-state index is -0.149. The van der Waals surface area contributed by atoms with Crippen LogP contribution in [0.2, 0.25) is 0 Å². The van der Waals surface area contributed by atoms with Gasteiger partial charge in [-0.15, -0.1) is 0 Å². The zero-order valence-electron chi connectivity index (χ0n) is 12.2. The van der Waals surface area contributed by atoms with Crippen LogP contribution in [0.15, 0.2) is 24.3 Å². The van der Waals surface area contributed by atoms with Crippen LogP contribution < -0.4 is 5.32 Å². The van der Waals surface area contributed by atoms with Gasteiger partial charge in [0, 0.05) is 33.2 Å². The van der Waals surface area contributed by atoms with Crippen LogP contribution in [0, 0.1) is 6.92 Å². The lowest BCUT2D eigenvalue weighted by molar-refractivity contribution is -0.111. The van der Waals surface area contributed by atoms with Gasteiger partial charge in [0.15, 0.2) is 0 Å². The number of rotatable bonds is 5. The Kier molecular flexibility index (Phi) is 4.97. The molecule has 1 aromatic rings. The molecule has 1 saturated heterocycles. The van der Waals surface area contributed by atoms with Gasteiger partial charge < -0.3 is 14.8 Å². The summed E-state index contributed by atoms with van der Waals surface area (Å²) >= 11 is 0. The molecule has 3 nitrogen and oxygen atoms in total. The first-order valence-corrected chi connectivity index (χ1v) is 7.14. The average molecular weight is 263 g/mol. The highest BCUT2D eigenvalue weighted by Gasteiger charge is 2.41. The third-order valence-electron chi connectivity index (χ3n) is 4.09. The number of hydrogen-bond donors (Lipinski definition) is 1. The normalized spacial score (nSPS) is 20.2. The second-order valence-electron chi connectivity index (χ2n) is 5.28. The van der Waals surface area contributed by atoms with Crippen LogP contribution in [0.25, 0.3) is 0 Å². The van der Waals surface area contributed by atoms with Crippen LogP contribution in [-0.4, -0.2) is 32.5 Å². The molecule has 0 spiro atoms. The molecule has 0 radical (unpaired) electrons. The van der Waals surface area contributed by atoms with E-state index in [1.54, 1.807) is 0 Å². The molecule has 0 aromatic heterocycles. The van der Waals surface area contributed by atoms with Crippen molar-refractivity contribution in [3.8, 4) is 0 Å². The minimum Gasteiger partial charge on any atom is -0.381 e. The van der Waals surface area contributed by atoms with E-state index < -0.39 is 0 Å². The van der Waals surface area contributed by atoms with Gasteiger partial charge in [-0.25, -0.2) is 0 Å². The van der Waals surface area contributed by atoms with Crippen LogP contribution in [0.4, 0.5) is 0 Å². The van der Waals surface area contributed by atoms with E-state index in [-0.39, 0.29) is 11.6 Å². The molecule has 0 amide bonds. The maximum absolute atomic E-state index is 5.94. The summed E-state index contributed by atoms with van der Waals surface area (Å²) in [5.74, 6) is 0. The highest BCUT2D eigenvalue weighted by Crippen LogP contribution is 2.37. The average Bonchev–Trinajstić information content (AvgIpc) is 2.47. The van der Waals surface area contributed by atoms with Gasteiger partial charge in [0.05, 0.1) is 11.6 Å². The third-order valence-corrected chi connectivity index (χ3v) is 4.09. The van der Waals surface area contributed by atoms with Crippen molar-refractivity contribution in [2.24, 2.45) is 0 Å². The van der Waals surface area contributed by atoms with Crippen molar-refractivity contribution >= 4 is 0 Å². The van der Waals surface area contributed by atoms with Gasteiger partial charge in [0.25, 0.3) is 0 Å². The van der Waals surface area contributed by atoms with Crippen molar-refractivity contribution in [1.29, 1.82) is 0 Å². The van der Waals surface area contributed by atoms with Gasteiger partial charge in [-0.1, -0.05) is 36.8 Å². The fraction of sp³-hybridized carbons (Fsp3) is 0.625. The van der Waals surface area contributed by atoms with E-state index in [9.17, 15) is 0 Å². The van der Waals surface area contributed by atoms with E-state index in [1.165, 1.54) is 11.1 Å². The molecule has 3 heteroatoms. The Hall–Kier alpha value is -0.900. The molecule has 1 fully saturated rings. The van der Waals surface area contributed by atoms with Crippen molar-refractivity contribution in [3.63, 3.8) is 0 Å². The van der Waals surface area contributed by atoms with E-state index in [4.69, 9.17) is 9.47 Å². The van der Waals surface area contributed by atoms with Gasteiger partial charge in [0.1, 0.15) is 0 Å². The molecular weight excluding hydrogens is 238 g/mol. The van der Waals surface area contributed by atoms with E-state index >= 15 is 0 Å². The molecule has 1 unspecified atom stereocenters. The topological polar surface area (TPSA) is 30.5 Å². The second kappa shape index (κ2) is 6.51. The maximum Gasteiger partial charge on any atom is 0.0916 e. The van der Waals surface area contributed by atoms with Crippen molar-refractivity contribution < 1.29 is 9.47 Å². The van der Waals surface area contributed by atoms with Crippen molar-refractivity contribution in [2.75, 3.05) is 26.9 Å². The van der Waals surface area contributed by atoms with Gasteiger partial charge in [-0.05, 0) is 19.0 Å². The summed E-state index contributed by atoms with van der Waals surface area (Å²) in [6.07, 6.45) is 1.88. The van der Waals surface area contributed by atoms with Crippen molar-refractivity contribution in [3.05, 3.63) is 35.4 Å². The molecule has 1 aromatic carbocycles. The molecule has 0 aliphatic carbocycles. The Bertz CT molecular complexity index is 382. The van der Waals surface area contributed by atoms with E-state index in [1.807, 2.05) is 7.11 Å². The van der Waals surface area contributed by atoms with Crippen LogP contribution >= 0.6 is 0 Å². The predicted molar refractivity (Wildman–Crippen MR) is 77.4 cm³/mol. The molecule has 1 atom stereocenters. The first-order chi connectivity index (χ1) is 9.22. The third kappa shape index (κ3) is 3.16. The number of hydrogen-bond acceptors (Lipinski definition) is 3. The molecule has 0 bridgehead atoms. The van der Waals surface area contributed by atoms with Gasteiger partial charge >= 0.3 is 0 Å². The van der Waals surface area contributed by atoms with E-state index in [0.717, 1.165) is 32.6 Å². The molecule has 0 saturated carbocycles. The van der Waals surface area contributed by atoms with Crippen LogP contribution in [0.5, 0.6) is 0 Å². The second-order valence-corrected chi connectivity index (χ2v) is 5.28. The highest BCUT2D eigenvalue weighted by molar-refractivity contribution is 5.27. The van der Waals surface area contributed by atoms with Crippen LogP contribution in [-0.2, 0) is 9.47 Å². The molecule has 106 valence electrons. The van der Waals surface area contributed by atoms with Crippen molar-refractivity contribution in [1.82, 2.24) is 5.32 Å². The van der Waals surface area contributed by atoms with E-state index in [0.29, 0.717) is 0 Å². The minimum absolute atomic E-state index is 0.149. The quantitative estimate of drug-likeness (QED) is 0.886. The lowest BCUT2D eigenvalue weighted by atomic mass is 9.82. The first kappa shape index (κ1) is 14.5. The fourth-order valence-corrected chi connectivity index (χ4v) is 2.90. The zero-order chi connectivity index (χ0) is 13.7. The molecule has 1 aliphatic heterocycles. The number of likely N-dealkylation sites (N-methyl/N-ethyl adjacent to an activating group) is 1. The van der Waals surface area contributed by atoms with Crippen LogP contribution in [0.1, 0.15) is 36.9 Å².